The van der Waals surface area contributed by atoms with Crippen LogP contribution in [0, 0.1) is 4.77 Å². The first-order valence-electron chi connectivity index (χ1n) is 7.98. The van der Waals surface area contributed by atoms with E-state index in [0.717, 1.165) is 11.3 Å². The maximum absolute atomic E-state index is 5.28. The van der Waals surface area contributed by atoms with E-state index in [1.165, 1.54) is 5.56 Å². The Balaban J connectivity index is 1.85. The monoisotopic (exact) mass is 352 g/mol. The van der Waals surface area contributed by atoms with Gasteiger partial charge in [0.2, 0.25) is 4.77 Å². The highest BCUT2D eigenvalue weighted by molar-refractivity contribution is 7.71. The molecule has 0 radical (unpaired) electrons. The summed E-state index contributed by atoms with van der Waals surface area (Å²) in [5.41, 5.74) is 2.33. The molecule has 0 spiro atoms. The van der Waals surface area contributed by atoms with E-state index in [9.17, 15) is 0 Å². The lowest BCUT2D eigenvalue weighted by Crippen LogP contribution is -2.10. The number of aromatic amines is 1. The smallest absolute Gasteiger partial charge is 0.216 e. The summed E-state index contributed by atoms with van der Waals surface area (Å²) < 4.78 is 7.28. The van der Waals surface area contributed by atoms with E-state index in [2.05, 4.69) is 48.2 Å². The molecule has 0 unspecified atom stereocenters. The molecule has 0 aliphatic rings. The number of benzene rings is 1. The van der Waals surface area contributed by atoms with Gasteiger partial charge in [-0.15, -0.1) is 0 Å². The zero-order valence-corrected chi connectivity index (χ0v) is 15.2. The summed E-state index contributed by atoms with van der Waals surface area (Å²) in [5.74, 6) is 1.44. The van der Waals surface area contributed by atoms with Crippen LogP contribution in [0.25, 0.3) is 17.5 Å². The second kappa shape index (κ2) is 7.03. The van der Waals surface area contributed by atoms with Gasteiger partial charge in [0.25, 0.3) is 0 Å². The second-order valence-electron chi connectivity index (χ2n) is 6.63. The maximum atomic E-state index is 5.28. The topological polar surface area (TPSA) is 59.1 Å². The van der Waals surface area contributed by atoms with Crippen LogP contribution in [0.5, 0.6) is 0 Å². The first kappa shape index (κ1) is 17.1. The molecule has 0 aliphatic heterocycles. The summed E-state index contributed by atoms with van der Waals surface area (Å²) in [4.78, 5) is 0. The van der Waals surface area contributed by atoms with Crippen LogP contribution >= 0.6 is 12.2 Å². The SMILES string of the molecule is CC(C)(C)c1ccc(-c2n[nH]c(=S)n2/N=C\C=C\c2ccco2)cc1. The highest BCUT2D eigenvalue weighted by atomic mass is 32.1. The van der Waals surface area contributed by atoms with Gasteiger partial charge in [-0.1, -0.05) is 45.0 Å². The van der Waals surface area contributed by atoms with Crippen LogP contribution in [0.15, 0.2) is 58.3 Å². The van der Waals surface area contributed by atoms with Gasteiger partial charge < -0.3 is 4.42 Å². The standard InChI is InChI=1S/C19H20N4OS/c1-19(2,3)15-10-8-14(9-11-15)17-21-22-18(25)23(17)20-12-4-6-16-7-5-13-24-16/h4-13H,1-3H3,(H,22,25)/b6-4+,20-12-. The van der Waals surface area contributed by atoms with Crippen molar-refractivity contribution in [3.8, 4) is 11.4 Å². The van der Waals surface area contributed by atoms with E-state index in [0.29, 0.717) is 10.6 Å². The molecule has 6 heteroatoms. The van der Waals surface area contributed by atoms with Gasteiger partial charge in [-0.05, 0) is 47.5 Å². The summed E-state index contributed by atoms with van der Waals surface area (Å²) in [6, 6.07) is 12.0. The average Bonchev–Trinajstić information content (AvgIpc) is 3.21. The molecule has 25 heavy (non-hydrogen) atoms. The minimum atomic E-state index is 0.109. The van der Waals surface area contributed by atoms with Gasteiger partial charge in [0, 0.05) is 11.8 Å². The fourth-order valence-corrected chi connectivity index (χ4v) is 2.51. The molecule has 128 valence electrons. The molecule has 2 aromatic heterocycles. The summed E-state index contributed by atoms with van der Waals surface area (Å²) in [5, 5.41) is 11.5. The number of aromatic nitrogens is 3. The van der Waals surface area contributed by atoms with Gasteiger partial charge in [0.15, 0.2) is 5.82 Å². The van der Waals surface area contributed by atoms with Crippen LogP contribution in [0.3, 0.4) is 0 Å². The quantitative estimate of drug-likeness (QED) is 0.528. The van der Waals surface area contributed by atoms with Gasteiger partial charge in [-0.2, -0.15) is 14.9 Å². The van der Waals surface area contributed by atoms with Crippen LogP contribution in [0.1, 0.15) is 32.1 Å². The highest BCUT2D eigenvalue weighted by Gasteiger charge is 2.14. The number of H-pyrrole nitrogens is 1. The molecule has 0 saturated carbocycles. The fourth-order valence-electron chi connectivity index (χ4n) is 2.33. The number of nitrogens with one attached hydrogen (secondary N) is 1. The van der Waals surface area contributed by atoms with Crippen molar-refractivity contribution in [1.29, 1.82) is 0 Å². The van der Waals surface area contributed by atoms with Crippen LogP contribution < -0.4 is 0 Å². The molecular formula is C19H20N4OS. The van der Waals surface area contributed by atoms with E-state index in [-0.39, 0.29) is 5.41 Å². The number of allylic oxidation sites excluding steroid dienone is 1. The number of furan rings is 1. The van der Waals surface area contributed by atoms with Crippen molar-refractivity contribution in [2.75, 3.05) is 0 Å². The molecule has 0 saturated heterocycles. The third-order valence-corrected chi connectivity index (χ3v) is 4.00. The van der Waals surface area contributed by atoms with E-state index >= 15 is 0 Å². The van der Waals surface area contributed by atoms with E-state index in [1.807, 2.05) is 30.3 Å². The van der Waals surface area contributed by atoms with E-state index < -0.39 is 0 Å². The highest BCUT2D eigenvalue weighted by Crippen LogP contribution is 2.25. The molecule has 1 aromatic carbocycles. The van der Waals surface area contributed by atoms with Crippen molar-refractivity contribution in [2.24, 2.45) is 5.10 Å². The fraction of sp³-hybridized carbons (Fsp3) is 0.211. The van der Waals surface area contributed by atoms with Gasteiger partial charge in [0.05, 0.1) is 6.26 Å². The summed E-state index contributed by atoms with van der Waals surface area (Å²) in [6.07, 6.45) is 6.90. The molecule has 0 atom stereocenters. The summed E-state index contributed by atoms with van der Waals surface area (Å²) in [7, 11) is 0. The second-order valence-corrected chi connectivity index (χ2v) is 7.02. The van der Waals surface area contributed by atoms with Crippen LogP contribution in [0.2, 0.25) is 0 Å². The van der Waals surface area contributed by atoms with Crippen molar-refractivity contribution in [2.45, 2.75) is 26.2 Å². The summed E-state index contributed by atoms with van der Waals surface area (Å²) in [6.45, 7) is 6.56. The minimum absolute atomic E-state index is 0.109. The summed E-state index contributed by atoms with van der Waals surface area (Å²) >= 11 is 5.28. The number of hydrogen-bond acceptors (Lipinski definition) is 4. The van der Waals surface area contributed by atoms with Crippen molar-refractivity contribution < 1.29 is 4.42 Å². The van der Waals surface area contributed by atoms with Crippen molar-refractivity contribution in [1.82, 2.24) is 14.9 Å². The molecule has 1 N–H and O–H groups in total. The number of rotatable bonds is 4. The Bertz CT molecular complexity index is 939. The minimum Gasteiger partial charge on any atom is -0.465 e. The average molecular weight is 352 g/mol. The Morgan fingerprint density at radius 1 is 1.20 bits per heavy atom. The molecule has 0 aliphatic carbocycles. The zero-order valence-electron chi connectivity index (χ0n) is 14.4. The van der Waals surface area contributed by atoms with E-state index in [1.54, 1.807) is 23.2 Å². The molecule has 0 amide bonds. The Morgan fingerprint density at radius 2 is 1.96 bits per heavy atom. The molecule has 2 heterocycles. The van der Waals surface area contributed by atoms with Gasteiger partial charge >= 0.3 is 0 Å². The largest absolute Gasteiger partial charge is 0.465 e. The molecule has 0 bridgehead atoms. The van der Waals surface area contributed by atoms with Gasteiger partial charge in [0.1, 0.15) is 5.76 Å². The lowest BCUT2D eigenvalue weighted by molar-refractivity contribution is 0.557. The zero-order chi connectivity index (χ0) is 17.9. The first-order chi connectivity index (χ1) is 11.9. The molecule has 5 nitrogen and oxygen atoms in total. The predicted octanol–water partition coefficient (Wildman–Crippen LogP) is 5.05. The maximum Gasteiger partial charge on any atom is 0.216 e. The first-order valence-corrected chi connectivity index (χ1v) is 8.39. The lowest BCUT2D eigenvalue weighted by Gasteiger charge is -2.18. The molecular weight excluding hydrogens is 332 g/mol. The van der Waals surface area contributed by atoms with Crippen LogP contribution in [-0.4, -0.2) is 21.1 Å². The molecule has 0 fully saturated rings. The Hall–Kier alpha value is -2.73. The molecule has 3 rings (SSSR count). The number of hydrogen-bond donors (Lipinski definition) is 1. The Morgan fingerprint density at radius 3 is 2.60 bits per heavy atom. The van der Waals surface area contributed by atoms with Crippen molar-refractivity contribution >= 4 is 24.5 Å². The van der Waals surface area contributed by atoms with Crippen molar-refractivity contribution in [3.63, 3.8) is 0 Å². The van der Waals surface area contributed by atoms with Crippen LogP contribution in [-0.2, 0) is 5.41 Å². The van der Waals surface area contributed by atoms with Gasteiger partial charge in [-0.25, -0.2) is 5.10 Å². The van der Waals surface area contributed by atoms with E-state index in [4.69, 9.17) is 16.6 Å². The predicted molar refractivity (Wildman–Crippen MR) is 103 cm³/mol. The molecule has 3 aromatic rings. The lowest BCUT2D eigenvalue weighted by atomic mass is 9.87. The van der Waals surface area contributed by atoms with Gasteiger partial charge in [-0.3, -0.25) is 0 Å². The number of nitrogens with zero attached hydrogens (tertiary/aromatic N) is 3. The third-order valence-electron chi connectivity index (χ3n) is 3.73. The van der Waals surface area contributed by atoms with Crippen LogP contribution in [0.4, 0.5) is 0 Å². The Kier molecular flexibility index (Phi) is 4.81. The third kappa shape index (κ3) is 4.03. The van der Waals surface area contributed by atoms with Crippen molar-refractivity contribution in [3.05, 3.63) is 64.8 Å². The normalized spacial score (nSPS) is 12.4. The Labute approximate surface area is 151 Å².